The third kappa shape index (κ3) is 9.99. The summed E-state index contributed by atoms with van der Waals surface area (Å²) in [5.74, 6) is -1.40. The minimum Gasteiger partial charge on any atom is -0.356 e. The molecule has 45 heavy (non-hydrogen) atoms. The molecule has 0 unspecified atom stereocenters. The number of benzene rings is 3. The van der Waals surface area contributed by atoms with Crippen LogP contribution in [-0.4, -0.2) is 54.6 Å². The number of piperidine rings is 1. The first-order chi connectivity index (χ1) is 21.7. The molecule has 3 aromatic carbocycles. The van der Waals surface area contributed by atoms with Crippen LogP contribution in [0.1, 0.15) is 57.1 Å². The Morgan fingerprint density at radius 2 is 1.60 bits per heavy atom. The minimum absolute atomic E-state index is 0.0197. The Balaban J connectivity index is 1.49. The van der Waals surface area contributed by atoms with Crippen molar-refractivity contribution in [3.8, 4) is 0 Å². The Bertz CT molecular complexity index is 1470. The fraction of sp³-hybridized carbons (Fsp3) is 0.417. The summed E-state index contributed by atoms with van der Waals surface area (Å²) in [7, 11) is 0. The van der Waals surface area contributed by atoms with Crippen molar-refractivity contribution in [1.82, 2.24) is 21.3 Å². The summed E-state index contributed by atoms with van der Waals surface area (Å²) in [5, 5.41) is 13.4. The Morgan fingerprint density at radius 1 is 0.889 bits per heavy atom. The molecule has 4 amide bonds. The normalized spacial score (nSPS) is 16.7. The molecule has 1 heterocycles. The van der Waals surface area contributed by atoms with Crippen LogP contribution in [0.3, 0.4) is 0 Å². The largest absolute Gasteiger partial charge is 0.356 e. The van der Waals surface area contributed by atoms with Gasteiger partial charge in [-0.3, -0.25) is 19.2 Å². The number of fused-ring (bicyclic) bond motifs is 1. The van der Waals surface area contributed by atoms with Gasteiger partial charge in [-0.15, -0.1) is 0 Å². The van der Waals surface area contributed by atoms with Crippen LogP contribution in [0.15, 0.2) is 72.8 Å². The van der Waals surface area contributed by atoms with Crippen molar-refractivity contribution < 1.29 is 24.0 Å². The summed E-state index contributed by atoms with van der Waals surface area (Å²) in [6.07, 6.45) is 3.81. The van der Waals surface area contributed by atoms with Gasteiger partial charge in [0, 0.05) is 18.9 Å². The highest BCUT2D eigenvalue weighted by Gasteiger charge is 2.30. The number of amides is 4. The number of rotatable bonds is 15. The summed E-state index contributed by atoms with van der Waals surface area (Å²) >= 11 is 0. The van der Waals surface area contributed by atoms with Crippen molar-refractivity contribution in [3.63, 3.8) is 0 Å². The molecule has 1 fully saturated rings. The van der Waals surface area contributed by atoms with E-state index in [0.29, 0.717) is 32.1 Å². The molecule has 0 aliphatic carbocycles. The summed E-state index contributed by atoms with van der Waals surface area (Å²) in [5.41, 5.74) is 1.72. The zero-order valence-electron chi connectivity index (χ0n) is 26.1. The van der Waals surface area contributed by atoms with E-state index in [-0.39, 0.29) is 36.5 Å². The van der Waals surface area contributed by atoms with Crippen LogP contribution in [0.2, 0.25) is 0 Å². The minimum atomic E-state index is -0.943. The first-order valence-corrected chi connectivity index (χ1v) is 15.9. The fourth-order valence-corrected chi connectivity index (χ4v) is 5.85. The highest BCUT2D eigenvalue weighted by atomic mass is 16.2. The predicted octanol–water partition coefficient (Wildman–Crippen LogP) is 3.63. The molecule has 4 N–H and O–H groups in total. The summed E-state index contributed by atoms with van der Waals surface area (Å²) < 4.78 is 0. The molecule has 1 aliphatic rings. The number of carbonyl (C=O) groups is 5. The van der Waals surface area contributed by atoms with Crippen molar-refractivity contribution in [2.75, 3.05) is 6.54 Å². The van der Waals surface area contributed by atoms with Gasteiger partial charge in [0.25, 0.3) is 0 Å². The average molecular weight is 613 g/mol. The molecule has 4 atom stereocenters. The third-order valence-electron chi connectivity index (χ3n) is 8.22. The van der Waals surface area contributed by atoms with Gasteiger partial charge in [0.1, 0.15) is 18.4 Å². The van der Waals surface area contributed by atoms with Crippen molar-refractivity contribution in [2.24, 2.45) is 11.8 Å². The topological polar surface area (TPSA) is 133 Å². The van der Waals surface area contributed by atoms with E-state index in [1.54, 1.807) is 0 Å². The molecule has 0 bridgehead atoms. The van der Waals surface area contributed by atoms with E-state index in [4.69, 9.17) is 0 Å². The second kappa shape index (κ2) is 16.5. The molecule has 0 radical (unpaired) electrons. The number of nitrogens with one attached hydrogen (secondary N) is 4. The first kappa shape index (κ1) is 33.4. The van der Waals surface area contributed by atoms with Gasteiger partial charge in [0.05, 0.1) is 12.5 Å². The number of hydrogen-bond donors (Lipinski definition) is 4. The van der Waals surface area contributed by atoms with E-state index < -0.39 is 29.9 Å². The van der Waals surface area contributed by atoms with Gasteiger partial charge < -0.3 is 26.1 Å². The fourth-order valence-electron chi connectivity index (χ4n) is 5.85. The monoisotopic (exact) mass is 612 g/mol. The van der Waals surface area contributed by atoms with E-state index in [0.717, 1.165) is 34.7 Å². The second-order valence-electron chi connectivity index (χ2n) is 12.3. The van der Waals surface area contributed by atoms with E-state index in [1.165, 1.54) is 0 Å². The van der Waals surface area contributed by atoms with Crippen molar-refractivity contribution in [2.45, 2.75) is 76.9 Å². The molecule has 1 aliphatic heterocycles. The molecule has 0 aromatic heterocycles. The van der Waals surface area contributed by atoms with E-state index in [2.05, 4.69) is 21.3 Å². The van der Waals surface area contributed by atoms with Crippen LogP contribution in [0.4, 0.5) is 0 Å². The molecule has 1 saturated heterocycles. The first-order valence-electron chi connectivity index (χ1n) is 15.9. The maximum Gasteiger partial charge on any atom is 0.243 e. The smallest absolute Gasteiger partial charge is 0.243 e. The summed E-state index contributed by atoms with van der Waals surface area (Å²) in [6.45, 7) is 4.55. The van der Waals surface area contributed by atoms with Gasteiger partial charge in [0.2, 0.25) is 23.6 Å². The molecule has 4 rings (SSSR count). The van der Waals surface area contributed by atoms with Crippen LogP contribution < -0.4 is 21.3 Å². The standard InChI is InChI=1S/C36H44N4O5/c1-24(2)20-31(35(44)38-29(23-41)18-17-27-15-9-19-37-34(27)43)40-36(45)32(39-33(42)21-25-10-4-3-5-11-25)22-28-14-8-13-26-12-6-7-16-30(26)28/h3-8,10-14,16,23-24,27,29,31-32H,9,15,17-22H2,1-2H3,(H,37,43)(H,38,44)(H,39,42)(H,40,45)/t27-,29-,31-,32-/m0/s1. The Kier molecular flexibility index (Phi) is 12.2. The molecule has 9 heteroatoms. The molecule has 238 valence electrons. The van der Waals surface area contributed by atoms with Crippen LogP contribution in [0.5, 0.6) is 0 Å². The Hall–Kier alpha value is -4.53. The molecule has 0 spiro atoms. The van der Waals surface area contributed by atoms with Crippen molar-refractivity contribution >= 4 is 40.7 Å². The third-order valence-corrected chi connectivity index (χ3v) is 8.22. The maximum atomic E-state index is 13.9. The van der Waals surface area contributed by atoms with Crippen LogP contribution in [-0.2, 0) is 36.8 Å². The molecular weight excluding hydrogens is 568 g/mol. The molecular formula is C36H44N4O5. The average Bonchev–Trinajstić information content (AvgIpc) is 3.03. The lowest BCUT2D eigenvalue weighted by Gasteiger charge is -2.26. The molecule has 0 saturated carbocycles. The number of aldehydes is 1. The van der Waals surface area contributed by atoms with Gasteiger partial charge in [-0.2, -0.15) is 0 Å². The lowest BCUT2D eigenvalue weighted by Crippen LogP contribution is -2.56. The van der Waals surface area contributed by atoms with Gasteiger partial charge in [0.15, 0.2) is 0 Å². The number of hydrogen-bond acceptors (Lipinski definition) is 5. The van der Waals surface area contributed by atoms with Crippen LogP contribution in [0, 0.1) is 11.8 Å². The summed E-state index contributed by atoms with van der Waals surface area (Å²) in [4.78, 5) is 64.5. The lowest BCUT2D eigenvalue weighted by atomic mass is 9.92. The zero-order valence-corrected chi connectivity index (χ0v) is 26.1. The second-order valence-corrected chi connectivity index (χ2v) is 12.3. The maximum absolute atomic E-state index is 13.9. The van der Waals surface area contributed by atoms with Crippen molar-refractivity contribution in [3.05, 3.63) is 83.9 Å². The summed E-state index contributed by atoms with van der Waals surface area (Å²) in [6, 6.07) is 20.4. The van der Waals surface area contributed by atoms with E-state index in [1.807, 2.05) is 86.6 Å². The van der Waals surface area contributed by atoms with Crippen LogP contribution >= 0.6 is 0 Å². The Labute approximate surface area is 264 Å². The van der Waals surface area contributed by atoms with E-state index >= 15 is 0 Å². The predicted molar refractivity (Wildman–Crippen MR) is 174 cm³/mol. The van der Waals surface area contributed by atoms with Gasteiger partial charge in [-0.1, -0.05) is 86.6 Å². The highest BCUT2D eigenvalue weighted by molar-refractivity contribution is 5.94. The highest BCUT2D eigenvalue weighted by Crippen LogP contribution is 2.21. The quantitative estimate of drug-likeness (QED) is 0.195. The molecule has 9 nitrogen and oxygen atoms in total. The SMILES string of the molecule is CC(C)C[C@H](NC(=O)[C@H](Cc1cccc2ccccc12)NC(=O)Cc1ccccc1)C(=O)N[C@H](C=O)CC[C@@H]1CCCNC1=O. The lowest BCUT2D eigenvalue weighted by molar-refractivity contribution is -0.133. The van der Waals surface area contributed by atoms with E-state index in [9.17, 15) is 24.0 Å². The zero-order chi connectivity index (χ0) is 32.2. The molecule has 3 aromatic rings. The van der Waals surface area contributed by atoms with Gasteiger partial charge in [-0.25, -0.2) is 0 Å². The van der Waals surface area contributed by atoms with Crippen molar-refractivity contribution in [1.29, 1.82) is 0 Å². The van der Waals surface area contributed by atoms with Gasteiger partial charge >= 0.3 is 0 Å². The van der Waals surface area contributed by atoms with Gasteiger partial charge in [-0.05, 0) is 59.9 Å². The Morgan fingerprint density at radius 3 is 2.33 bits per heavy atom. The number of carbonyl (C=O) groups excluding carboxylic acids is 5. The van der Waals surface area contributed by atoms with Crippen LogP contribution in [0.25, 0.3) is 10.8 Å².